The van der Waals surface area contributed by atoms with E-state index in [1.807, 2.05) is 13.8 Å². The molecule has 0 saturated carbocycles. The summed E-state index contributed by atoms with van der Waals surface area (Å²) in [5.74, 6) is -1.39. The highest BCUT2D eigenvalue weighted by molar-refractivity contribution is 5.99. The maximum Gasteiger partial charge on any atom is 0.433 e. The number of hydrogen-bond donors (Lipinski definition) is 1. The van der Waals surface area contributed by atoms with Crippen molar-refractivity contribution >= 4 is 28.3 Å². The largest absolute Gasteiger partial charge is 0.471 e. The fourth-order valence-corrected chi connectivity index (χ4v) is 5.24. The zero-order chi connectivity index (χ0) is 25.6. The predicted molar refractivity (Wildman–Crippen MR) is 121 cm³/mol. The number of anilines is 1. The van der Waals surface area contributed by atoms with E-state index in [2.05, 4.69) is 15.0 Å². The lowest BCUT2D eigenvalue weighted by molar-refractivity contribution is -0.141. The van der Waals surface area contributed by atoms with Crippen LogP contribution in [0.4, 0.5) is 23.4 Å². The van der Waals surface area contributed by atoms with Crippen LogP contribution in [0.5, 0.6) is 5.88 Å². The summed E-state index contributed by atoms with van der Waals surface area (Å²) in [7, 11) is 0. The number of ether oxygens (including phenoxy) is 1. The van der Waals surface area contributed by atoms with Crippen molar-refractivity contribution in [1.29, 1.82) is 0 Å². The van der Waals surface area contributed by atoms with E-state index in [-0.39, 0.29) is 29.3 Å². The van der Waals surface area contributed by atoms with Gasteiger partial charge >= 0.3 is 6.18 Å². The molecular weight excluding hydrogens is 480 g/mol. The summed E-state index contributed by atoms with van der Waals surface area (Å²) in [6.07, 6.45) is -1.76. The number of nitrogen functional groups attached to an aromatic ring is 1. The van der Waals surface area contributed by atoms with Gasteiger partial charge in [-0.15, -0.1) is 0 Å². The Morgan fingerprint density at radius 1 is 1.19 bits per heavy atom. The van der Waals surface area contributed by atoms with Gasteiger partial charge in [0.2, 0.25) is 5.88 Å². The third-order valence-electron chi connectivity index (χ3n) is 6.76. The van der Waals surface area contributed by atoms with E-state index in [1.54, 1.807) is 4.40 Å². The molecule has 0 radical (unpaired) electrons. The minimum Gasteiger partial charge on any atom is -0.471 e. The number of fused-ring (bicyclic) bond motifs is 6. The molecule has 2 N–H and O–H groups in total. The second kappa shape index (κ2) is 7.28. The normalized spacial score (nSPS) is 20.9. The number of halogens is 4. The van der Waals surface area contributed by atoms with E-state index in [9.17, 15) is 18.0 Å². The number of piperidine rings is 1. The maximum atomic E-state index is 15.3. The Bertz CT molecular complexity index is 1560. The van der Waals surface area contributed by atoms with Gasteiger partial charge in [0.15, 0.2) is 0 Å². The first kappa shape index (κ1) is 22.5. The molecule has 2 aliphatic heterocycles. The molecule has 1 aromatic carbocycles. The average molecular weight is 500 g/mol. The van der Waals surface area contributed by atoms with Crippen LogP contribution in [0.15, 0.2) is 36.8 Å². The molecule has 1 amide bonds. The number of carbonyl (C=O) groups excluding carboxylic acids is 1. The van der Waals surface area contributed by atoms with Crippen LogP contribution in [0.1, 0.15) is 47.9 Å². The van der Waals surface area contributed by atoms with E-state index in [1.165, 1.54) is 29.6 Å². The molecule has 36 heavy (non-hydrogen) atoms. The number of nitrogens with zero attached hydrogens (tertiary/aromatic N) is 5. The molecule has 0 spiro atoms. The van der Waals surface area contributed by atoms with Crippen molar-refractivity contribution in [3.63, 3.8) is 0 Å². The second-order valence-electron chi connectivity index (χ2n) is 9.96. The van der Waals surface area contributed by atoms with Crippen LogP contribution < -0.4 is 10.5 Å². The Morgan fingerprint density at radius 3 is 2.72 bits per heavy atom. The number of imidazole rings is 1. The summed E-state index contributed by atoms with van der Waals surface area (Å²) in [4.78, 5) is 27.2. The SMILES string of the molecule is CC1(C)C[C@@H]2Oc3nc(C(F)(F)F)ccc3[C@@H]2N(C(=O)c2cc3c(cc2F)nc(N)c2cncn23)C1. The summed E-state index contributed by atoms with van der Waals surface area (Å²) in [6, 6.07) is 3.99. The van der Waals surface area contributed by atoms with Crippen molar-refractivity contribution in [2.75, 3.05) is 12.3 Å². The van der Waals surface area contributed by atoms with Gasteiger partial charge in [-0.05, 0) is 30.0 Å². The molecule has 2 aliphatic rings. The van der Waals surface area contributed by atoms with Gasteiger partial charge in [-0.3, -0.25) is 9.20 Å². The van der Waals surface area contributed by atoms with Crippen LogP contribution in [0.2, 0.25) is 0 Å². The molecule has 3 aromatic heterocycles. The van der Waals surface area contributed by atoms with Crippen molar-refractivity contribution < 1.29 is 27.1 Å². The summed E-state index contributed by atoms with van der Waals surface area (Å²) in [6.45, 7) is 4.08. The molecule has 0 aliphatic carbocycles. The first-order valence-corrected chi connectivity index (χ1v) is 11.2. The second-order valence-corrected chi connectivity index (χ2v) is 9.96. The lowest BCUT2D eigenvalue weighted by atomic mass is 9.78. The zero-order valence-corrected chi connectivity index (χ0v) is 19.2. The van der Waals surface area contributed by atoms with Gasteiger partial charge in [-0.25, -0.2) is 19.3 Å². The highest BCUT2D eigenvalue weighted by atomic mass is 19.4. The van der Waals surface area contributed by atoms with Gasteiger partial charge in [0.05, 0.1) is 35.2 Å². The zero-order valence-electron chi connectivity index (χ0n) is 19.2. The predicted octanol–water partition coefficient (Wildman–Crippen LogP) is 4.39. The van der Waals surface area contributed by atoms with Crippen LogP contribution in [-0.4, -0.2) is 42.8 Å². The molecule has 186 valence electrons. The number of benzene rings is 1. The van der Waals surface area contributed by atoms with Crippen molar-refractivity contribution in [2.24, 2.45) is 5.41 Å². The molecule has 5 heterocycles. The minimum absolute atomic E-state index is 0.158. The number of rotatable bonds is 1. The Morgan fingerprint density at radius 2 is 1.97 bits per heavy atom. The van der Waals surface area contributed by atoms with E-state index >= 15 is 4.39 Å². The minimum atomic E-state index is -4.63. The molecule has 0 unspecified atom stereocenters. The van der Waals surface area contributed by atoms with E-state index in [0.29, 0.717) is 23.0 Å². The monoisotopic (exact) mass is 500 g/mol. The van der Waals surface area contributed by atoms with Gasteiger partial charge < -0.3 is 15.4 Å². The number of hydrogen-bond acceptors (Lipinski definition) is 6. The lowest BCUT2D eigenvalue weighted by Crippen LogP contribution is -2.51. The molecule has 8 nitrogen and oxygen atoms in total. The molecule has 12 heteroatoms. The number of carbonyl (C=O) groups is 1. The van der Waals surface area contributed by atoms with Crippen LogP contribution in [0, 0.1) is 11.2 Å². The summed E-state index contributed by atoms with van der Waals surface area (Å²) >= 11 is 0. The van der Waals surface area contributed by atoms with Crippen molar-refractivity contribution in [2.45, 2.75) is 38.6 Å². The number of pyridine rings is 1. The molecule has 1 saturated heterocycles. The number of alkyl halides is 3. The smallest absolute Gasteiger partial charge is 0.433 e. The Labute approximate surface area is 201 Å². The van der Waals surface area contributed by atoms with Gasteiger partial charge in [0, 0.05) is 18.2 Å². The van der Waals surface area contributed by atoms with Crippen molar-refractivity contribution in [1.82, 2.24) is 24.3 Å². The van der Waals surface area contributed by atoms with E-state index in [4.69, 9.17) is 10.5 Å². The topological polar surface area (TPSA) is 98.6 Å². The Balaban J connectivity index is 1.46. The van der Waals surface area contributed by atoms with Crippen molar-refractivity contribution in [3.8, 4) is 5.88 Å². The molecule has 6 rings (SSSR count). The highest BCUT2D eigenvalue weighted by Crippen LogP contribution is 2.49. The first-order chi connectivity index (χ1) is 16.9. The van der Waals surface area contributed by atoms with Crippen molar-refractivity contribution in [3.05, 3.63) is 59.4 Å². The molecule has 4 aromatic rings. The van der Waals surface area contributed by atoms with Crippen LogP contribution in [-0.2, 0) is 6.18 Å². The van der Waals surface area contributed by atoms with Gasteiger partial charge in [0.1, 0.15) is 28.9 Å². The van der Waals surface area contributed by atoms with Gasteiger partial charge in [0.25, 0.3) is 5.91 Å². The Hall–Kier alpha value is -3.96. The summed E-state index contributed by atoms with van der Waals surface area (Å²) < 4.78 is 62.4. The number of nitrogens with two attached hydrogens (primary N) is 1. The van der Waals surface area contributed by atoms with Crippen LogP contribution in [0.25, 0.3) is 16.6 Å². The van der Waals surface area contributed by atoms with Gasteiger partial charge in [-0.2, -0.15) is 13.2 Å². The van der Waals surface area contributed by atoms with Crippen LogP contribution in [0.3, 0.4) is 0 Å². The molecule has 2 atom stereocenters. The first-order valence-electron chi connectivity index (χ1n) is 11.2. The third-order valence-corrected chi connectivity index (χ3v) is 6.76. The van der Waals surface area contributed by atoms with E-state index < -0.39 is 41.2 Å². The fraction of sp³-hybridized carbons (Fsp3) is 0.333. The average Bonchev–Trinajstić information content (AvgIpc) is 3.41. The number of likely N-dealkylation sites (tertiary alicyclic amines) is 1. The molecule has 0 bridgehead atoms. The molecular formula is C24H20F4N6O2. The van der Waals surface area contributed by atoms with E-state index in [0.717, 1.165) is 12.1 Å². The Kier molecular flexibility index (Phi) is 4.55. The van der Waals surface area contributed by atoms with Gasteiger partial charge in [-0.1, -0.05) is 13.8 Å². The fourth-order valence-electron chi connectivity index (χ4n) is 5.24. The highest BCUT2D eigenvalue weighted by Gasteiger charge is 2.50. The maximum absolute atomic E-state index is 15.3. The third kappa shape index (κ3) is 3.34. The molecule has 1 fully saturated rings. The lowest BCUT2D eigenvalue weighted by Gasteiger charge is -2.44. The summed E-state index contributed by atoms with van der Waals surface area (Å²) in [5, 5.41) is 0. The standard InChI is InChI=1S/C24H20F4N6O2/c1-23(2)7-17-19(11-3-4-18(24(26,27)28)32-21(11)36-17)33(9-23)22(35)12-5-15-14(6-13(12)25)31-20(29)16-8-30-10-34(15)16/h3-6,8,10,17,19H,7,9H2,1-2H3,(H2,29,31)/t17-,19-/m0/s1. The van der Waals surface area contributed by atoms with Crippen LogP contribution >= 0.6 is 0 Å². The quantitative estimate of drug-likeness (QED) is 0.389. The summed E-state index contributed by atoms with van der Waals surface area (Å²) in [5.41, 5.74) is 5.80. The number of amides is 1. The number of aromatic nitrogens is 4.